The minimum Gasteiger partial charge on any atom is -0.463 e. The molecule has 0 fully saturated rings. The minimum absolute atomic E-state index is 0.146. The van der Waals surface area contributed by atoms with E-state index in [1.165, 1.54) is 0 Å². The van der Waals surface area contributed by atoms with Crippen molar-refractivity contribution in [3.63, 3.8) is 0 Å². The van der Waals surface area contributed by atoms with Crippen LogP contribution >= 0.6 is 15.9 Å². The molecule has 198 valence electrons. The SMILES string of the molecule is CCCCCCC(=O)OCCOCCOCCOCCOCCOCCOCCOCCBr. The predicted octanol–water partition coefficient (Wildman–Crippen LogP) is 3.01. The van der Waals surface area contributed by atoms with Crippen molar-refractivity contribution in [3.8, 4) is 0 Å². The third-order valence-corrected chi connectivity index (χ3v) is 4.50. The van der Waals surface area contributed by atoms with Crippen LogP contribution in [0.3, 0.4) is 0 Å². The minimum atomic E-state index is -0.146. The Balaban J connectivity index is 3.07. The molecule has 0 aliphatic heterocycles. The van der Waals surface area contributed by atoms with Crippen molar-refractivity contribution in [2.24, 2.45) is 0 Å². The van der Waals surface area contributed by atoms with Gasteiger partial charge >= 0.3 is 5.97 Å². The van der Waals surface area contributed by atoms with Crippen LogP contribution in [0.15, 0.2) is 0 Å². The number of carbonyl (C=O) groups is 1. The fourth-order valence-corrected chi connectivity index (χ4v) is 2.69. The molecule has 0 radical (unpaired) electrons. The van der Waals surface area contributed by atoms with Crippen molar-refractivity contribution in [2.45, 2.75) is 39.0 Å². The molecule has 0 rings (SSSR count). The van der Waals surface area contributed by atoms with Crippen LogP contribution in [0.25, 0.3) is 0 Å². The molecule has 0 saturated carbocycles. The highest BCUT2D eigenvalue weighted by atomic mass is 79.9. The van der Waals surface area contributed by atoms with E-state index >= 15 is 0 Å². The van der Waals surface area contributed by atoms with E-state index < -0.39 is 0 Å². The van der Waals surface area contributed by atoms with E-state index in [-0.39, 0.29) is 5.97 Å². The number of carbonyl (C=O) groups excluding carboxylic acids is 1. The second kappa shape index (κ2) is 29.7. The number of hydrogen-bond donors (Lipinski definition) is 0. The van der Waals surface area contributed by atoms with E-state index in [0.29, 0.717) is 106 Å². The average molecular weight is 546 g/mol. The Labute approximate surface area is 208 Å². The molecule has 0 aliphatic rings. The lowest BCUT2D eigenvalue weighted by Gasteiger charge is -2.08. The number of unbranched alkanes of at least 4 members (excludes halogenated alkanes) is 3. The van der Waals surface area contributed by atoms with E-state index in [9.17, 15) is 4.79 Å². The summed E-state index contributed by atoms with van der Waals surface area (Å²) >= 11 is 3.29. The lowest BCUT2D eigenvalue weighted by atomic mass is 10.2. The number of alkyl halides is 1. The van der Waals surface area contributed by atoms with Gasteiger partial charge < -0.3 is 37.9 Å². The van der Waals surface area contributed by atoms with Crippen LogP contribution in [0.4, 0.5) is 0 Å². The maximum atomic E-state index is 11.5. The molecule has 0 aromatic heterocycles. The van der Waals surface area contributed by atoms with Gasteiger partial charge in [-0.25, -0.2) is 0 Å². The summed E-state index contributed by atoms with van der Waals surface area (Å²) in [6.45, 7) is 9.86. The number of ether oxygens (including phenoxy) is 8. The summed E-state index contributed by atoms with van der Waals surface area (Å²) in [5, 5.41) is 0.839. The standard InChI is InChI=1S/C23H45BrO9/c1-2-3-4-5-6-23(25)33-22-21-32-20-19-31-18-17-30-16-15-29-14-13-28-12-11-27-10-9-26-8-7-24/h2-22H2,1H3. The average Bonchev–Trinajstić information content (AvgIpc) is 2.82. The fraction of sp³-hybridized carbons (Fsp3) is 0.957. The summed E-state index contributed by atoms with van der Waals surface area (Å²) < 4.78 is 42.8. The van der Waals surface area contributed by atoms with Gasteiger partial charge in [0, 0.05) is 11.8 Å². The summed E-state index contributed by atoms with van der Waals surface area (Å²) in [5.41, 5.74) is 0. The smallest absolute Gasteiger partial charge is 0.305 e. The first kappa shape index (κ1) is 32.7. The highest BCUT2D eigenvalue weighted by Crippen LogP contribution is 2.03. The predicted molar refractivity (Wildman–Crippen MR) is 129 cm³/mol. The van der Waals surface area contributed by atoms with Gasteiger partial charge in [-0.3, -0.25) is 4.79 Å². The van der Waals surface area contributed by atoms with Crippen molar-refractivity contribution in [1.82, 2.24) is 0 Å². The van der Waals surface area contributed by atoms with Gasteiger partial charge in [0.05, 0.1) is 92.5 Å². The van der Waals surface area contributed by atoms with Gasteiger partial charge in [-0.1, -0.05) is 42.1 Å². The van der Waals surface area contributed by atoms with Crippen molar-refractivity contribution >= 4 is 21.9 Å². The van der Waals surface area contributed by atoms with E-state index in [0.717, 1.165) is 31.0 Å². The van der Waals surface area contributed by atoms with Crippen LogP contribution in [-0.2, 0) is 42.7 Å². The highest BCUT2D eigenvalue weighted by molar-refractivity contribution is 9.09. The molecule has 0 spiro atoms. The Morgan fingerprint density at radius 1 is 0.515 bits per heavy atom. The molecule has 0 heterocycles. The molecule has 10 heteroatoms. The van der Waals surface area contributed by atoms with Gasteiger partial charge in [0.25, 0.3) is 0 Å². The van der Waals surface area contributed by atoms with E-state index in [1.54, 1.807) is 0 Å². The first-order valence-corrected chi connectivity index (χ1v) is 13.2. The molecule has 0 saturated heterocycles. The Bertz CT molecular complexity index is 389. The zero-order valence-corrected chi connectivity index (χ0v) is 22.0. The van der Waals surface area contributed by atoms with Gasteiger partial charge in [-0.05, 0) is 6.42 Å². The molecule has 0 N–H and O–H groups in total. The van der Waals surface area contributed by atoms with Crippen molar-refractivity contribution in [2.75, 3.05) is 104 Å². The highest BCUT2D eigenvalue weighted by Gasteiger charge is 2.02. The first-order valence-electron chi connectivity index (χ1n) is 12.1. The monoisotopic (exact) mass is 544 g/mol. The van der Waals surface area contributed by atoms with E-state index in [1.807, 2.05) is 0 Å². The third-order valence-electron chi connectivity index (χ3n) is 4.18. The van der Waals surface area contributed by atoms with E-state index in [4.69, 9.17) is 37.9 Å². The molecular formula is C23H45BrO9. The molecule has 9 nitrogen and oxygen atoms in total. The van der Waals surface area contributed by atoms with Gasteiger partial charge in [0.2, 0.25) is 0 Å². The Morgan fingerprint density at radius 3 is 1.24 bits per heavy atom. The second-order valence-corrected chi connectivity index (χ2v) is 7.80. The van der Waals surface area contributed by atoms with Crippen LogP contribution < -0.4 is 0 Å². The van der Waals surface area contributed by atoms with Crippen LogP contribution in [0.2, 0.25) is 0 Å². The maximum absolute atomic E-state index is 11.5. The third kappa shape index (κ3) is 29.6. The molecule has 0 atom stereocenters. The molecule has 0 unspecified atom stereocenters. The largest absolute Gasteiger partial charge is 0.463 e. The van der Waals surface area contributed by atoms with Gasteiger partial charge in [0.1, 0.15) is 6.61 Å². The molecule has 0 bridgehead atoms. The number of esters is 1. The number of halogens is 1. The zero-order chi connectivity index (χ0) is 24.1. The van der Waals surface area contributed by atoms with Gasteiger partial charge in [0.15, 0.2) is 0 Å². The lowest BCUT2D eigenvalue weighted by molar-refractivity contribution is -0.145. The van der Waals surface area contributed by atoms with Gasteiger partial charge in [-0.2, -0.15) is 0 Å². The summed E-state index contributed by atoms with van der Waals surface area (Å²) in [6.07, 6.45) is 4.79. The Kier molecular flexibility index (Phi) is 29.4. The van der Waals surface area contributed by atoms with Crippen LogP contribution in [-0.4, -0.2) is 110 Å². The number of hydrogen-bond acceptors (Lipinski definition) is 9. The molecular weight excluding hydrogens is 500 g/mol. The van der Waals surface area contributed by atoms with Crippen LogP contribution in [0.1, 0.15) is 39.0 Å². The molecule has 0 aliphatic carbocycles. The fourth-order valence-electron chi connectivity index (χ4n) is 2.46. The van der Waals surface area contributed by atoms with Crippen LogP contribution in [0, 0.1) is 0 Å². The lowest BCUT2D eigenvalue weighted by Crippen LogP contribution is -2.15. The quantitative estimate of drug-likeness (QED) is 0.0836. The number of rotatable bonds is 28. The Morgan fingerprint density at radius 2 is 0.879 bits per heavy atom. The molecule has 0 aromatic rings. The zero-order valence-electron chi connectivity index (χ0n) is 20.4. The van der Waals surface area contributed by atoms with Crippen molar-refractivity contribution in [3.05, 3.63) is 0 Å². The summed E-state index contributed by atoms with van der Waals surface area (Å²) in [4.78, 5) is 11.5. The van der Waals surface area contributed by atoms with E-state index in [2.05, 4.69) is 22.9 Å². The molecule has 0 amide bonds. The topological polar surface area (TPSA) is 90.9 Å². The first-order chi connectivity index (χ1) is 16.3. The molecule has 0 aromatic carbocycles. The Hall–Kier alpha value is -0.330. The van der Waals surface area contributed by atoms with Gasteiger partial charge in [-0.15, -0.1) is 0 Å². The van der Waals surface area contributed by atoms with Crippen molar-refractivity contribution in [1.29, 1.82) is 0 Å². The normalized spacial score (nSPS) is 11.2. The van der Waals surface area contributed by atoms with Crippen LogP contribution in [0.5, 0.6) is 0 Å². The summed E-state index contributed by atoms with van der Waals surface area (Å²) in [5.74, 6) is -0.146. The maximum Gasteiger partial charge on any atom is 0.305 e. The van der Waals surface area contributed by atoms with Crippen molar-refractivity contribution < 1.29 is 42.7 Å². The summed E-state index contributed by atoms with van der Waals surface area (Å²) in [6, 6.07) is 0. The second-order valence-electron chi connectivity index (χ2n) is 7.01. The molecule has 33 heavy (non-hydrogen) atoms. The summed E-state index contributed by atoms with van der Waals surface area (Å²) in [7, 11) is 0.